The zero-order valence-electron chi connectivity index (χ0n) is 9.59. The average molecular weight is 250 g/mol. The summed E-state index contributed by atoms with van der Waals surface area (Å²) in [6.45, 7) is 1.42. The van der Waals surface area contributed by atoms with Crippen molar-refractivity contribution in [1.82, 2.24) is 10.2 Å². The van der Waals surface area contributed by atoms with Gasteiger partial charge in [0.1, 0.15) is 0 Å². The number of halogens is 3. The van der Waals surface area contributed by atoms with Crippen molar-refractivity contribution in [1.29, 1.82) is 0 Å². The third kappa shape index (κ3) is 2.91. The molecular weight excluding hydrogens is 233 g/mol. The van der Waals surface area contributed by atoms with Crippen LogP contribution < -0.4 is 5.32 Å². The summed E-state index contributed by atoms with van der Waals surface area (Å²) in [5.41, 5.74) is 0. The van der Waals surface area contributed by atoms with E-state index in [2.05, 4.69) is 5.32 Å². The number of nitrogens with one attached hydrogen (secondary N) is 1. The Balaban J connectivity index is 1.88. The lowest BCUT2D eigenvalue weighted by atomic mass is 9.91. The highest BCUT2D eigenvalue weighted by Gasteiger charge is 2.45. The van der Waals surface area contributed by atoms with Crippen LogP contribution in [0, 0.1) is 5.92 Å². The molecule has 0 radical (unpaired) electrons. The lowest BCUT2D eigenvalue weighted by molar-refractivity contribution is -0.184. The Morgan fingerprint density at radius 2 is 2.00 bits per heavy atom. The molecule has 6 heteroatoms. The average Bonchev–Trinajstić information content (AvgIpc) is 2.77. The molecular formula is C11H17F3N2O. The van der Waals surface area contributed by atoms with Crippen LogP contribution in [0.25, 0.3) is 0 Å². The fraction of sp³-hybridized carbons (Fsp3) is 0.909. The van der Waals surface area contributed by atoms with Crippen molar-refractivity contribution in [2.45, 2.75) is 37.9 Å². The van der Waals surface area contributed by atoms with Crippen molar-refractivity contribution in [3.63, 3.8) is 0 Å². The number of hydrogen-bond acceptors (Lipinski definition) is 2. The number of amides is 1. The number of piperidine rings is 1. The highest BCUT2D eigenvalue weighted by molar-refractivity contribution is 5.82. The fourth-order valence-corrected chi connectivity index (χ4v) is 2.76. The quantitative estimate of drug-likeness (QED) is 0.765. The highest BCUT2D eigenvalue weighted by Crippen LogP contribution is 2.28. The summed E-state index contributed by atoms with van der Waals surface area (Å²) < 4.78 is 36.8. The molecule has 3 nitrogen and oxygen atoms in total. The Kier molecular flexibility index (Phi) is 3.61. The molecule has 0 aromatic carbocycles. The summed E-state index contributed by atoms with van der Waals surface area (Å²) in [5.74, 6) is -1.50. The molecule has 0 unspecified atom stereocenters. The zero-order chi connectivity index (χ0) is 12.5. The van der Waals surface area contributed by atoms with Crippen molar-refractivity contribution in [2.75, 3.05) is 19.6 Å². The van der Waals surface area contributed by atoms with E-state index >= 15 is 0 Å². The first-order valence-corrected chi connectivity index (χ1v) is 6.08. The number of nitrogens with zero attached hydrogens (tertiary/aromatic N) is 1. The maximum atomic E-state index is 12.3. The Hall–Kier alpha value is -0.780. The van der Waals surface area contributed by atoms with E-state index in [9.17, 15) is 18.0 Å². The Labute approximate surface area is 98.3 Å². The Morgan fingerprint density at radius 3 is 2.59 bits per heavy atom. The first-order chi connectivity index (χ1) is 7.98. The van der Waals surface area contributed by atoms with Crippen LogP contribution in [0.5, 0.6) is 0 Å². The molecule has 0 aliphatic carbocycles. The van der Waals surface area contributed by atoms with Crippen molar-refractivity contribution in [3.8, 4) is 0 Å². The van der Waals surface area contributed by atoms with Crippen LogP contribution in [0.4, 0.5) is 13.2 Å². The van der Waals surface area contributed by atoms with Gasteiger partial charge >= 0.3 is 12.1 Å². The van der Waals surface area contributed by atoms with Gasteiger partial charge in [-0.2, -0.15) is 13.2 Å². The molecule has 2 aliphatic heterocycles. The van der Waals surface area contributed by atoms with Gasteiger partial charge < -0.3 is 10.2 Å². The van der Waals surface area contributed by atoms with Crippen LogP contribution in [0.1, 0.15) is 25.7 Å². The van der Waals surface area contributed by atoms with Crippen LogP contribution in [-0.2, 0) is 4.79 Å². The summed E-state index contributed by atoms with van der Waals surface area (Å²) in [4.78, 5) is 12.0. The minimum atomic E-state index is -4.73. The van der Waals surface area contributed by atoms with E-state index in [0.29, 0.717) is 6.42 Å². The van der Waals surface area contributed by atoms with Crippen LogP contribution in [0.2, 0.25) is 0 Å². The van der Waals surface area contributed by atoms with Crippen LogP contribution in [0.15, 0.2) is 0 Å². The van der Waals surface area contributed by atoms with E-state index in [1.165, 1.54) is 0 Å². The molecule has 2 aliphatic rings. The number of rotatable bonds is 1. The second kappa shape index (κ2) is 4.84. The Morgan fingerprint density at radius 1 is 1.24 bits per heavy atom. The van der Waals surface area contributed by atoms with Crippen molar-refractivity contribution in [2.24, 2.45) is 5.92 Å². The van der Waals surface area contributed by atoms with Gasteiger partial charge in [-0.1, -0.05) is 6.42 Å². The summed E-state index contributed by atoms with van der Waals surface area (Å²) in [7, 11) is 0. The maximum Gasteiger partial charge on any atom is 0.471 e. The summed E-state index contributed by atoms with van der Waals surface area (Å²) in [6.07, 6.45) is -0.775. The topological polar surface area (TPSA) is 32.3 Å². The van der Waals surface area contributed by atoms with Crippen LogP contribution >= 0.6 is 0 Å². The molecule has 0 saturated carbocycles. The SMILES string of the molecule is O=C(N1CC[C@@H]([C@H]2CCCCN2)C1)C(F)(F)F. The molecule has 0 aromatic rings. The van der Waals surface area contributed by atoms with Crippen molar-refractivity contribution < 1.29 is 18.0 Å². The monoisotopic (exact) mass is 250 g/mol. The lowest BCUT2D eigenvalue weighted by Gasteiger charge is -2.28. The van der Waals surface area contributed by atoms with Gasteiger partial charge in [-0.15, -0.1) is 0 Å². The number of hydrogen-bond donors (Lipinski definition) is 1. The second-order valence-electron chi connectivity index (χ2n) is 4.85. The van der Waals surface area contributed by atoms with Gasteiger partial charge in [-0.3, -0.25) is 4.79 Å². The van der Waals surface area contributed by atoms with Gasteiger partial charge in [0.15, 0.2) is 0 Å². The first-order valence-electron chi connectivity index (χ1n) is 6.08. The number of carbonyl (C=O) groups is 1. The Bertz CT molecular complexity index is 287. The third-order valence-corrected chi connectivity index (χ3v) is 3.67. The summed E-state index contributed by atoms with van der Waals surface area (Å²) in [5, 5.41) is 3.34. The number of alkyl halides is 3. The minimum absolute atomic E-state index is 0.182. The van der Waals surface area contributed by atoms with Gasteiger partial charge in [0.25, 0.3) is 0 Å². The molecule has 1 N–H and O–H groups in total. The smallest absolute Gasteiger partial charge is 0.335 e. The predicted octanol–water partition coefficient (Wildman–Crippen LogP) is 1.54. The van der Waals surface area contributed by atoms with Gasteiger partial charge in [-0.25, -0.2) is 0 Å². The predicted molar refractivity (Wildman–Crippen MR) is 56.4 cm³/mol. The van der Waals surface area contributed by atoms with Crippen molar-refractivity contribution in [3.05, 3.63) is 0 Å². The zero-order valence-corrected chi connectivity index (χ0v) is 9.59. The molecule has 0 bridgehead atoms. The number of likely N-dealkylation sites (tertiary alicyclic amines) is 1. The lowest BCUT2D eigenvalue weighted by Crippen LogP contribution is -2.43. The van der Waals surface area contributed by atoms with Gasteiger partial charge in [0.05, 0.1) is 0 Å². The molecule has 2 atom stereocenters. The molecule has 2 saturated heterocycles. The molecule has 1 amide bonds. The largest absolute Gasteiger partial charge is 0.471 e. The number of carbonyl (C=O) groups excluding carboxylic acids is 1. The van der Waals surface area contributed by atoms with E-state index in [1.807, 2.05) is 0 Å². The third-order valence-electron chi connectivity index (χ3n) is 3.67. The summed E-state index contributed by atoms with van der Waals surface area (Å²) >= 11 is 0. The van der Waals surface area contributed by atoms with Gasteiger partial charge in [0.2, 0.25) is 0 Å². The molecule has 2 rings (SSSR count). The van der Waals surface area contributed by atoms with Crippen LogP contribution in [-0.4, -0.2) is 42.7 Å². The molecule has 98 valence electrons. The first kappa shape index (κ1) is 12.7. The normalized spacial score (nSPS) is 30.6. The van der Waals surface area contributed by atoms with Crippen molar-refractivity contribution >= 4 is 5.91 Å². The highest BCUT2D eigenvalue weighted by atomic mass is 19.4. The maximum absolute atomic E-state index is 12.3. The molecule has 2 fully saturated rings. The molecule has 17 heavy (non-hydrogen) atoms. The van der Waals surface area contributed by atoms with E-state index in [0.717, 1.165) is 30.7 Å². The van der Waals surface area contributed by atoms with Crippen LogP contribution in [0.3, 0.4) is 0 Å². The second-order valence-corrected chi connectivity index (χ2v) is 4.85. The van der Waals surface area contributed by atoms with E-state index in [4.69, 9.17) is 0 Å². The van der Waals surface area contributed by atoms with E-state index in [-0.39, 0.29) is 25.0 Å². The van der Waals surface area contributed by atoms with Gasteiger partial charge in [0, 0.05) is 19.1 Å². The molecule has 0 spiro atoms. The van der Waals surface area contributed by atoms with E-state index in [1.54, 1.807) is 0 Å². The summed E-state index contributed by atoms with van der Waals surface area (Å²) in [6, 6.07) is 0.287. The standard InChI is InChI=1S/C11H17F3N2O/c12-11(13,14)10(17)16-6-4-8(7-16)9-3-1-2-5-15-9/h8-9,15H,1-7H2/t8-,9-/m1/s1. The molecule has 0 aromatic heterocycles. The molecule has 2 heterocycles. The minimum Gasteiger partial charge on any atom is -0.335 e. The van der Waals surface area contributed by atoms with E-state index < -0.39 is 12.1 Å². The van der Waals surface area contributed by atoms with Gasteiger partial charge in [-0.05, 0) is 31.7 Å². The fourth-order valence-electron chi connectivity index (χ4n) is 2.76.